The van der Waals surface area contributed by atoms with Crippen LogP contribution in [0.2, 0.25) is 0 Å². The molecule has 2 aromatic carbocycles. The molecular formula is C27H35N3O3. The second kappa shape index (κ2) is 10.9. The van der Waals surface area contributed by atoms with Crippen molar-refractivity contribution in [2.75, 3.05) is 26.3 Å². The summed E-state index contributed by atoms with van der Waals surface area (Å²) in [6, 6.07) is 20.1. The van der Waals surface area contributed by atoms with E-state index >= 15 is 0 Å². The topological polar surface area (TPSA) is 59.8 Å². The Kier molecular flexibility index (Phi) is 7.68. The highest BCUT2D eigenvalue weighted by atomic mass is 16.5. The van der Waals surface area contributed by atoms with Crippen LogP contribution in [0.25, 0.3) is 0 Å². The molecule has 0 amide bonds. The van der Waals surface area contributed by atoms with Crippen molar-refractivity contribution < 1.29 is 14.6 Å². The number of para-hydroxylation sites is 1. The Morgan fingerprint density at radius 2 is 1.82 bits per heavy atom. The molecule has 0 bridgehead atoms. The third-order valence-corrected chi connectivity index (χ3v) is 6.08. The van der Waals surface area contributed by atoms with Gasteiger partial charge >= 0.3 is 0 Å². The third-order valence-electron chi connectivity index (χ3n) is 6.08. The minimum Gasteiger partial charge on any atom is -0.494 e. The summed E-state index contributed by atoms with van der Waals surface area (Å²) in [7, 11) is 0. The van der Waals surface area contributed by atoms with Crippen molar-refractivity contribution in [2.45, 2.75) is 51.8 Å². The predicted octanol–water partition coefficient (Wildman–Crippen LogP) is 4.37. The Morgan fingerprint density at radius 3 is 2.61 bits per heavy atom. The maximum absolute atomic E-state index is 11.1. The molecule has 1 N–H and O–H groups in total. The first kappa shape index (κ1) is 23.3. The number of aryl methyl sites for hydroxylation is 3. The third kappa shape index (κ3) is 6.83. The van der Waals surface area contributed by atoms with Crippen molar-refractivity contribution in [3.8, 4) is 11.5 Å². The molecule has 1 saturated heterocycles. The summed E-state index contributed by atoms with van der Waals surface area (Å²) in [6.45, 7) is 8.29. The number of ether oxygens (including phenoxy) is 2. The number of benzene rings is 2. The number of aliphatic hydroxyl groups is 1. The van der Waals surface area contributed by atoms with E-state index in [0.29, 0.717) is 19.8 Å². The van der Waals surface area contributed by atoms with Gasteiger partial charge in [0.15, 0.2) is 0 Å². The van der Waals surface area contributed by atoms with Crippen LogP contribution in [0.15, 0.2) is 60.7 Å². The van der Waals surface area contributed by atoms with Crippen molar-refractivity contribution in [2.24, 2.45) is 0 Å². The lowest BCUT2D eigenvalue weighted by Crippen LogP contribution is -2.51. The summed E-state index contributed by atoms with van der Waals surface area (Å²) in [5.74, 6) is 1.69. The highest BCUT2D eigenvalue weighted by molar-refractivity contribution is 5.28. The van der Waals surface area contributed by atoms with E-state index in [0.717, 1.165) is 56.1 Å². The average Bonchev–Trinajstić information content (AvgIpc) is 3.13. The summed E-state index contributed by atoms with van der Waals surface area (Å²) in [6.07, 6.45) is 2.62. The first-order valence-corrected chi connectivity index (χ1v) is 11.8. The van der Waals surface area contributed by atoms with Crippen molar-refractivity contribution in [3.05, 3.63) is 77.6 Å². The van der Waals surface area contributed by atoms with E-state index < -0.39 is 5.60 Å². The highest BCUT2D eigenvalue weighted by Gasteiger charge is 2.34. The van der Waals surface area contributed by atoms with Gasteiger partial charge in [-0.3, -0.25) is 9.58 Å². The van der Waals surface area contributed by atoms with E-state index in [9.17, 15) is 5.11 Å². The molecule has 4 rings (SSSR count). The van der Waals surface area contributed by atoms with Gasteiger partial charge in [0.25, 0.3) is 0 Å². The lowest BCUT2D eigenvalue weighted by Gasteiger charge is -2.39. The second-order valence-corrected chi connectivity index (χ2v) is 9.14. The zero-order chi connectivity index (χ0) is 23.1. The van der Waals surface area contributed by atoms with Gasteiger partial charge in [-0.15, -0.1) is 0 Å². The molecule has 0 unspecified atom stereocenters. The number of piperidine rings is 1. The Morgan fingerprint density at radius 1 is 1.00 bits per heavy atom. The molecule has 1 aromatic heterocycles. The van der Waals surface area contributed by atoms with Gasteiger partial charge in [-0.05, 0) is 69.1 Å². The van der Waals surface area contributed by atoms with Crippen LogP contribution in [-0.2, 0) is 13.1 Å². The molecule has 6 nitrogen and oxygen atoms in total. The average molecular weight is 450 g/mol. The molecule has 1 atom stereocenters. The Bertz CT molecular complexity index is 1020. The number of rotatable bonds is 10. The number of β-amino-alcohol motifs (C(OH)–C–C–N with tert-alkyl or cyclic N) is 1. The van der Waals surface area contributed by atoms with Gasteiger partial charge < -0.3 is 14.6 Å². The van der Waals surface area contributed by atoms with Crippen molar-refractivity contribution in [3.63, 3.8) is 0 Å². The minimum absolute atomic E-state index is 0.311. The van der Waals surface area contributed by atoms with Crippen LogP contribution in [0.3, 0.4) is 0 Å². The molecular weight excluding hydrogens is 414 g/mol. The zero-order valence-electron chi connectivity index (χ0n) is 19.7. The molecule has 1 aliphatic heterocycles. The lowest BCUT2D eigenvalue weighted by atomic mass is 9.93. The van der Waals surface area contributed by atoms with Gasteiger partial charge in [0.2, 0.25) is 0 Å². The molecule has 0 saturated carbocycles. The molecule has 0 spiro atoms. The Balaban J connectivity index is 1.25. The van der Waals surface area contributed by atoms with E-state index in [2.05, 4.69) is 35.1 Å². The molecule has 1 fully saturated rings. The zero-order valence-corrected chi connectivity index (χ0v) is 19.7. The van der Waals surface area contributed by atoms with Crippen LogP contribution in [0.1, 0.15) is 36.2 Å². The Labute approximate surface area is 196 Å². The van der Waals surface area contributed by atoms with Crippen molar-refractivity contribution >= 4 is 0 Å². The monoisotopic (exact) mass is 449 g/mol. The normalized spacial score (nSPS) is 18.9. The standard InChI is InChI=1S/C27H35N3O3/c1-22-17-23(2)30(28-22)15-8-16-32-26-12-6-9-24(18-26)19-29-14-7-13-27(31,20-29)21-33-25-10-4-3-5-11-25/h3-6,9-12,17-18,31H,7-8,13-16,19-21H2,1-2H3/t27-/m1/s1. The number of nitrogens with zero attached hydrogens (tertiary/aromatic N) is 3. The van der Waals surface area contributed by atoms with E-state index in [1.54, 1.807) is 0 Å². The fourth-order valence-corrected chi connectivity index (χ4v) is 4.49. The van der Waals surface area contributed by atoms with Gasteiger partial charge in [-0.2, -0.15) is 5.10 Å². The molecule has 3 aromatic rings. The SMILES string of the molecule is Cc1cc(C)n(CCCOc2cccc(CN3CCC[C@](O)(COc4ccccc4)C3)c2)n1. The first-order valence-electron chi connectivity index (χ1n) is 11.8. The van der Waals surface area contributed by atoms with Gasteiger partial charge in [0.05, 0.1) is 12.3 Å². The summed E-state index contributed by atoms with van der Waals surface area (Å²) in [5.41, 5.74) is 2.60. The molecule has 176 valence electrons. The summed E-state index contributed by atoms with van der Waals surface area (Å²) in [4.78, 5) is 2.31. The summed E-state index contributed by atoms with van der Waals surface area (Å²) < 4.78 is 13.9. The second-order valence-electron chi connectivity index (χ2n) is 9.14. The van der Waals surface area contributed by atoms with Crippen LogP contribution >= 0.6 is 0 Å². The van der Waals surface area contributed by atoms with Gasteiger partial charge in [-0.25, -0.2) is 0 Å². The summed E-state index contributed by atoms with van der Waals surface area (Å²) >= 11 is 0. The maximum atomic E-state index is 11.1. The molecule has 2 heterocycles. The van der Waals surface area contributed by atoms with Crippen molar-refractivity contribution in [1.29, 1.82) is 0 Å². The van der Waals surface area contributed by atoms with E-state index in [1.165, 1.54) is 11.3 Å². The maximum Gasteiger partial charge on any atom is 0.119 e. The smallest absolute Gasteiger partial charge is 0.119 e. The minimum atomic E-state index is -0.828. The lowest BCUT2D eigenvalue weighted by molar-refractivity contribution is -0.0621. The number of hydrogen-bond donors (Lipinski definition) is 1. The quantitative estimate of drug-likeness (QED) is 0.466. The highest BCUT2D eigenvalue weighted by Crippen LogP contribution is 2.25. The van der Waals surface area contributed by atoms with Crippen LogP contribution < -0.4 is 9.47 Å². The van der Waals surface area contributed by atoms with Crippen LogP contribution in [0.4, 0.5) is 0 Å². The number of hydrogen-bond acceptors (Lipinski definition) is 5. The molecule has 6 heteroatoms. The Hall–Kier alpha value is -2.83. The van der Waals surface area contributed by atoms with Crippen molar-refractivity contribution in [1.82, 2.24) is 14.7 Å². The fourth-order valence-electron chi connectivity index (χ4n) is 4.49. The molecule has 0 radical (unpaired) electrons. The predicted molar refractivity (Wildman–Crippen MR) is 130 cm³/mol. The fraction of sp³-hybridized carbons (Fsp3) is 0.444. The molecule has 1 aliphatic rings. The molecule has 33 heavy (non-hydrogen) atoms. The van der Waals surface area contributed by atoms with E-state index in [4.69, 9.17) is 9.47 Å². The van der Waals surface area contributed by atoms with Gasteiger partial charge in [0, 0.05) is 31.7 Å². The van der Waals surface area contributed by atoms with E-state index in [1.807, 2.05) is 54.1 Å². The number of aromatic nitrogens is 2. The van der Waals surface area contributed by atoms with Gasteiger partial charge in [0.1, 0.15) is 23.7 Å². The number of likely N-dealkylation sites (tertiary alicyclic amines) is 1. The van der Waals surface area contributed by atoms with Crippen LogP contribution in [-0.4, -0.2) is 51.7 Å². The van der Waals surface area contributed by atoms with Crippen LogP contribution in [0.5, 0.6) is 11.5 Å². The summed E-state index contributed by atoms with van der Waals surface area (Å²) in [5, 5.41) is 15.6. The van der Waals surface area contributed by atoms with Gasteiger partial charge in [-0.1, -0.05) is 30.3 Å². The molecule has 0 aliphatic carbocycles. The largest absolute Gasteiger partial charge is 0.494 e. The first-order chi connectivity index (χ1) is 16.0. The van der Waals surface area contributed by atoms with Crippen LogP contribution in [0, 0.1) is 13.8 Å². The van der Waals surface area contributed by atoms with E-state index in [-0.39, 0.29) is 0 Å².